The summed E-state index contributed by atoms with van der Waals surface area (Å²) in [6.07, 6.45) is 1.08. The second-order valence-electron chi connectivity index (χ2n) is 4.96. The molecule has 0 fully saturated rings. The van der Waals surface area contributed by atoms with Gasteiger partial charge in [-0.3, -0.25) is 0 Å². The van der Waals surface area contributed by atoms with E-state index >= 15 is 0 Å². The number of carbonyl (C=O) groups is 1. The highest BCUT2D eigenvalue weighted by Crippen LogP contribution is 2.18. The van der Waals surface area contributed by atoms with Gasteiger partial charge in [-0.25, -0.2) is 17.6 Å². The predicted molar refractivity (Wildman–Crippen MR) is 79.8 cm³/mol. The summed E-state index contributed by atoms with van der Waals surface area (Å²) in [5.74, 6) is -1.07. The minimum absolute atomic E-state index is 0.0846. The van der Waals surface area contributed by atoms with E-state index in [1.165, 1.54) is 30.3 Å². The fourth-order valence-electron chi connectivity index (χ4n) is 1.99. The minimum Gasteiger partial charge on any atom is -0.457 e. The van der Waals surface area contributed by atoms with Crippen molar-refractivity contribution in [3.63, 3.8) is 0 Å². The summed E-state index contributed by atoms with van der Waals surface area (Å²) in [5, 5.41) is 0. The number of esters is 1. The van der Waals surface area contributed by atoms with Gasteiger partial charge in [-0.15, -0.1) is 0 Å². The van der Waals surface area contributed by atoms with E-state index in [0.29, 0.717) is 11.1 Å². The molecule has 0 amide bonds. The summed E-state index contributed by atoms with van der Waals surface area (Å²) in [5.41, 5.74) is 1.22. The third kappa shape index (κ3) is 3.92. The van der Waals surface area contributed by atoms with Gasteiger partial charge in [0.2, 0.25) is 0 Å². The second kappa shape index (κ2) is 6.27. The van der Waals surface area contributed by atoms with Gasteiger partial charge in [0.05, 0.1) is 10.5 Å². The van der Waals surface area contributed by atoms with Crippen LogP contribution in [0.25, 0.3) is 0 Å². The fourth-order valence-corrected chi connectivity index (χ4v) is 2.98. The van der Waals surface area contributed by atoms with Gasteiger partial charge in [-0.2, -0.15) is 0 Å². The first-order chi connectivity index (χ1) is 10.3. The minimum atomic E-state index is -3.42. The van der Waals surface area contributed by atoms with Crippen LogP contribution in [0.4, 0.5) is 4.39 Å². The summed E-state index contributed by atoms with van der Waals surface area (Å²) >= 11 is 0. The lowest BCUT2D eigenvalue weighted by molar-refractivity contribution is 0.0472. The zero-order chi connectivity index (χ0) is 16.3. The molecule has 0 aromatic heterocycles. The van der Waals surface area contributed by atoms with Gasteiger partial charge in [0.1, 0.15) is 12.4 Å². The van der Waals surface area contributed by atoms with E-state index in [-0.39, 0.29) is 17.1 Å². The molecule has 6 heteroatoms. The van der Waals surface area contributed by atoms with E-state index < -0.39 is 21.6 Å². The molecular weight excluding hydrogens is 307 g/mol. The molecule has 0 heterocycles. The van der Waals surface area contributed by atoms with Gasteiger partial charge in [0, 0.05) is 6.26 Å². The largest absolute Gasteiger partial charge is 0.457 e. The number of carbonyl (C=O) groups excluding carboxylic acids is 1. The number of halogens is 1. The van der Waals surface area contributed by atoms with Crippen LogP contribution in [0.3, 0.4) is 0 Å². The molecule has 22 heavy (non-hydrogen) atoms. The summed E-state index contributed by atoms with van der Waals surface area (Å²) in [6, 6.07) is 10.1. The highest BCUT2D eigenvalue weighted by atomic mass is 32.2. The van der Waals surface area contributed by atoms with Gasteiger partial charge < -0.3 is 4.74 Å². The van der Waals surface area contributed by atoms with Crippen LogP contribution in [0, 0.1) is 12.7 Å². The Hall–Kier alpha value is -2.21. The Morgan fingerprint density at radius 2 is 1.91 bits per heavy atom. The third-order valence-electron chi connectivity index (χ3n) is 3.08. The molecule has 2 rings (SSSR count). The molecule has 0 N–H and O–H groups in total. The Morgan fingerprint density at radius 1 is 1.18 bits per heavy atom. The summed E-state index contributed by atoms with van der Waals surface area (Å²) < 4.78 is 41.4. The van der Waals surface area contributed by atoms with Crippen molar-refractivity contribution in [1.82, 2.24) is 0 Å². The van der Waals surface area contributed by atoms with Crippen molar-refractivity contribution < 1.29 is 22.3 Å². The van der Waals surface area contributed by atoms with Crippen LogP contribution >= 0.6 is 0 Å². The quantitative estimate of drug-likeness (QED) is 0.812. The summed E-state index contributed by atoms with van der Waals surface area (Å²) in [4.78, 5) is 12.1. The Bertz CT molecular complexity index is 813. The predicted octanol–water partition coefficient (Wildman–Crippen LogP) is 2.89. The smallest absolute Gasteiger partial charge is 0.338 e. The van der Waals surface area contributed by atoms with Crippen molar-refractivity contribution in [3.05, 3.63) is 65.0 Å². The molecule has 0 spiro atoms. The highest BCUT2D eigenvalue weighted by Gasteiger charge is 2.15. The fraction of sp³-hybridized carbons (Fsp3) is 0.188. The summed E-state index contributed by atoms with van der Waals surface area (Å²) in [7, 11) is -3.42. The van der Waals surface area contributed by atoms with Crippen LogP contribution in [0.15, 0.2) is 47.4 Å². The van der Waals surface area contributed by atoms with E-state index in [1.54, 1.807) is 19.1 Å². The monoisotopic (exact) mass is 322 g/mol. The van der Waals surface area contributed by atoms with Gasteiger partial charge in [0.25, 0.3) is 0 Å². The molecule has 0 saturated carbocycles. The van der Waals surface area contributed by atoms with Crippen molar-refractivity contribution in [2.24, 2.45) is 0 Å². The van der Waals surface area contributed by atoms with Gasteiger partial charge in [0.15, 0.2) is 9.84 Å². The first kappa shape index (κ1) is 16.2. The molecule has 0 aliphatic rings. The number of ether oxygens (including phenoxy) is 1. The summed E-state index contributed by atoms with van der Waals surface area (Å²) in [6.45, 7) is 1.57. The van der Waals surface area contributed by atoms with Gasteiger partial charge in [-0.05, 0) is 42.3 Å². The van der Waals surface area contributed by atoms with Crippen LogP contribution in [-0.2, 0) is 21.2 Å². The Kier molecular flexibility index (Phi) is 4.61. The molecule has 2 aromatic rings. The van der Waals surface area contributed by atoms with E-state index in [0.717, 1.165) is 6.26 Å². The van der Waals surface area contributed by atoms with Crippen LogP contribution < -0.4 is 0 Å². The van der Waals surface area contributed by atoms with E-state index in [1.807, 2.05) is 0 Å². The maximum absolute atomic E-state index is 13.0. The van der Waals surface area contributed by atoms with Crippen LogP contribution in [0.1, 0.15) is 21.5 Å². The maximum atomic E-state index is 13.0. The van der Waals surface area contributed by atoms with Crippen molar-refractivity contribution in [1.29, 1.82) is 0 Å². The molecule has 0 unspecified atom stereocenters. The van der Waals surface area contributed by atoms with Crippen molar-refractivity contribution in [2.75, 3.05) is 6.26 Å². The topological polar surface area (TPSA) is 60.4 Å². The number of hydrogen-bond donors (Lipinski definition) is 0. The normalized spacial score (nSPS) is 11.2. The lowest BCUT2D eigenvalue weighted by atomic mass is 10.1. The SMILES string of the molecule is Cc1ccc(C(=O)OCc2cccc(F)c2)cc1S(C)(=O)=O. The Balaban J connectivity index is 2.17. The molecule has 0 bridgehead atoms. The number of benzene rings is 2. The van der Waals surface area contributed by atoms with Crippen LogP contribution in [0.5, 0.6) is 0 Å². The molecular formula is C16H15FO4S. The van der Waals surface area contributed by atoms with Crippen LogP contribution in [0.2, 0.25) is 0 Å². The van der Waals surface area contributed by atoms with Crippen molar-refractivity contribution >= 4 is 15.8 Å². The standard InChI is InChI=1S/C16H15FO4S/c1-11-6-7-13(9-15(11)22(2,19)20)16(18)21-10-12-4-3-5-14(17)8-12/h3-9H,10H2,1-2H3. The molecule has 4 nitrogen and oxygen atoms in total. The second-order valence-corrected chi connectivity index (χ2v) is 6.94. The first-order valence-electron chi connectivity index (χ1n) is 6.49. The molecule has 0 saturated heterocycles. The average molecular weight is 322 g/mol. The van der Waals surface area contributed by atoms with E-state index in [4.69, 9.17) is 4.74 Å². The number of aryl methyl sites for hydroxylation is 1. The molecule has 0 aliphatic carbocycles. The zero-order valence-electron chi connectivity index (χ0n) is 12.2. The van der Waals surface area contributed by atoms with E-state index in [2.05, 4.69) is 0 Å². The molecule has 0 atom stereocenters. The number of hydrogen-bond acceptors (Lipinski definition) is 4. The Morgan fingerprint density at radius 3 is 2.55 bits per heavy atom. The number of sulfone groups is 1. The molecule has 0 radical (unpaired) electrons. The van der Waals surface area contributed by atoms with Crippen molar-refractivity contribution in [3.8, 4) is 0 Å². The maximum Gasteiger partial charge on any atom is 0.338 e. The average Bonchev–Trinajstić information content (AvgIpc) is 2.44. The van der Waals surface area contributed by atoms with Gasteiger partial charge in [-0.1, -0.05) is 18.2 Å². The zero-order valence-corrected chi connectivity index (χ0v) is 13.0. The van der Waals surface area contributed by atoms with E-state index in [9.17, 15) is 17.6 Å². The lowest BCUT2D eigenvalue weighted by Crippen LogP contribution is -2.08. The Labute approximate surface area is 128 Å². The lowest BCUT2D eigenvalue weighted by Gasteiger charge is -2.08. The first-order valence-corrected chi connectivity index (χ1v) is 8.39. The third-order valence-corrected chi connectivity index (χ3v) is 4.32. The number of rotatable bonds is 4. The molecule has 2 aromatic carbocycles. The molecule has 116 valence electrons. The van der Waals surface area contributed by atoms with Crippen LogP contribution in [-0.4, -0.2) is 20.6 Å². The van der Waals surface area contributed by atoms with Gasteiger partial charge >= 0.3 is 5.97 Å². The van der Waals surface area contributed by atoms with Crippen molar-refractivity contribution in [2.45, 2.75) is 18.4 Å². The molecule has 0 aliphatic heterocycles. The highest BCUT2D eigenvalue weighted by molar-refractivity contribution is 7.90.